The molecule has 4 nitrogen and oxygen atoms in total. The third-order valence-corrected chi connectivity index (χ3v) is 2.74. The van der Waals surface area contributed by atoms with Crippen molar-refractivity contribution in [2.24, 2.45) is 0 Å². The Morgan fingerprint density at radius 3 is 2.88 bits per heavy atom. The molecule has 0 bridgehead atoms. The van der Waals surface area contributed by atoms with E-state index in [2.05, 4.69) is 17.1 Å². The smallest absolute Gasteiger partial charge is 0.258 e. The van der Waals surface area contributed by atoms with Crippen molar-refractivity contribution in [1.29, 1.82) is 0 Å². The SMILES string of the molecule is CCC(C)c1noc(-c2ccc(F)c(N)c2)n1. The fourth-order valence-electron chi connectivity index (χ4n) is 1.41. The van der Waals surface area contributed by atoms with Crippen LogP contribution in [0, 0.1) is 5.82 Å². The van der Waals surface area contributed by atoms with Crippen LogP contribution in [-0.4, -0.2) is 10.1 Å². The zero-order valence-corrected chi connectivity index (χ0v) is 9.77. The normalized spacial score (nSPS) is 12.6. The average Bonchev–Trinajstić information content (AvgIpc) is 2.81. The summed E-state index contributed by atoms with van der Waals surface area (Å²) < 4.78 is 18.1. The Bertz CT molecular complexity index is 524. The van der Waals surface area contributed by atoms with Crippen LogP contribution in [0.4, 0.5) is 10.1 Å². The molecule has 2 N–H and O–H groups in total. The lowest BCUT2D eigenvalue weighted by Gasteiger charge is -1.99. The molecule has 0 radical (unpaired) electrons. The van der Waals surface area contributed by atoms with Gasteiger partial charge in [0.2, 0.25) is 0 Å². The number of rotatable bonds is 3. The van der Waals surface area contributed by atoms with Crippen LogP contribution in [0.2, 0.25) is 0 Å². The number of anilines is 1. The number of nitrogens with two attached hydrogens (primary N) is 1. The molecule has 0 aliphatic heterocycles. The van der Waals surface area contributed by atoms with Crippen molar-refractivity contribution in [2.75, 3.05) is 5.73 Å². The van der Waals surface area contributed by atoms with Crippen LogP contribution < -0.4 is 5.73 Å². The Kier molecular flexibility index (Phi) is 3.08. The van der Waals surface area contributed by atoms with E-state index in [0.29, 0.717) is 17.3 Å². The highest BCUT2D eigenvalue weighted by Gasteiger charge is 2.14. The Morgan fingerprint density at radius 1 is 1.47 bits per heavy atom. The molecule has 0 aliphatic carbocycles. The summed E-state index contributed by atoms with van der Waals surface area (Å²) in [4.78, 5) is 4.27. The Balaban J connectivity index is 2.33. The van der Waals surface area contributed by atoms with Gasteiger partial charge in [-0.3, -0.25) is 0 Å². The zero-order chi connectivity index (χ0) is 12.4. The molecule has 2 aromatic rings. The van der Waals surface area contributed by atoms with E-state index in [1.165, 1.54) is 12.1 Å². The highest BCUT2D eigenvalue weighted by Crippen LogP contribution is 2.24. The fraction of sp³-hybridized carbons (Fsp3) is 0.333. The number of hydrogen-bond acceptors (Lipinski definition) is 4. The number of nitrogens with zero attached hydrogens (tertiary/aromatic N) is 2. The first-order valence-corrected chi connectivity index (χ1v) is 5.50. The van der Waals surface area contributed by atoms with Gasteiger partial charge in [0.1, 0.15) is 5.82 Å². The molecule has 1 heterocycles. The second-order valence-corrected chi connectivity index (χ2v) is 4.00. The van der Waals surface area contributed by atoms with Crippen LogP contribution >= 0.6 is 0 Å². The largest absolute Gasteiger partial charge is 0.396 e. The summed E-state index contributed by atoms with van der Waals surface area (Å²) in [5.74, 6) is 0.818. The third kappa shape index (κ3) is 2.27. The summed E-state index contributed by atoms with van der Waals surface area (Å²) in [7, 11) is 0. The summed E-state index contributed by atoms with van der Waals surface area (Å²) in [5, 5.41) is 3.89. The van der Waals surface area contributed by atoms with Gasteiger partial charge < -0.3 is 10.3 Å². The highest BCUT2D eigenvalue weighted by molar-refractivity contribution is 5.60. The van der Waals surface area contributed by atoms with E-state index in [-0.39, 0.29) is 11.6 Å². The van der Waals surface area contributed by atoms with Crippen molar-refractivity contribution in [3.05, 3.63) is 29.8 Å². The first kappa shape index (κ1) is 11.6. The van der Waals surface area contributed by atoms with Crippen molar-refractivity contribution < 1.29 is 8.91 Å². The highest BCUT2D eigenvalue weighted by atomic mass is 19.1. The molecule has 17 heavy (non-hydrogen) atoms. The minimum atomic E-state index is -0.449. The maximum atomic E-state index is 13.0. The van der Waals surface area contributed by atoms with Gasteiger partial charge in [-0.25, -0.2) is 4.39 Å². The summed E-state index contributed by atoms with van der Waals surface area (Å²) in [6.45, 7) is 4.07. The first-order chi connectivity index (χ1) is 8.11. The van der Waals surface area contributed by atoms with Crippen LogP contribution in [0.15, 0.2) is 22.7 Å². The predicted octanol–water partition coefficient (Wildman–Crippen LogP) is 2.97. The first-order valence-electron chi connectivity index (χ1n) is 5.50. The number of benzene rings is 1. The van der Waals surface area contributed by atoms with Gasteiger partial charge in [0, 0.05) is 11.5 Å². The molecule has 0 spiro atoms. The summed E-state index contributed by atoms with van der Waals surface area (Å²) in [6, 6.07) is 4.35. The van der Waals surface area contributed by atoms with Crippen LogP contribution in [0.1, 0.15) is 32.0 Å². The molecule has 0 fully saturated rings. The van der Waals surface area contributed by atoms with Gasteiger partial charge in [0.15, 0.2) is 5.82 Å². The lowest BCUT2D eigenvalue weighted by atomic mass is 10.1. The molecule has 1 unspecified atom stereocenters. The second-order valence-electron chi connectivity index (χ2n) is 4.00. The molecule has 0 saturated heterocycles. The molecule has 0 saturated carbocycles. The van der Waals surface area contributed by atoms with Crippen LogP contribution in [0.5, 0.6) is 0 Å². The molecule has 5 heteroatoms. The average molecular weight is 235 g/mol. The van der Waals surface area contributed by atoms with E-state index in [9.17, 15) is 4.39 Å². The molecular formula is C12H14FN3O. The molecule has 0 amide bonds. The van der Waals surface area contributed by atoms with E-state index in [1.807, 2.05) is 6.92 Å². The number of halogens is 1. The number of aromatic nitrogens is 2. The molecule has 2 rings (SSSR count). The number of hydrogen-bond donors (Lipinski definition) is 1. The van der Waals surface area contributed by atoms with E-state index in [4.69, 9.17) is 10.3 Å². The van der Waals surface area contributed by atoms with Crippen molar-refractivity contribution in [2.45, 2.75) is 26.2 Å². The van der Waals surface area contributed by atoms with Crippen molar-refractivity contribution in [3.63, 3.8) is 0 Å². The molecule has 0 aliphatic rings. The van der Waals surface area contributed by atoms with Gasteiger partial charge in [-0.15, -0.1) is 0 Å². The van der Waals surface area contributed by atoms with Crippen LogP contribution in [0.3, 0.4) is 0 Å². The van der Waals surface area contributed by atoms with Crippen molar-refractivity contribution in [1.82, 2.24) is 10.1 Å². The van der Waals surface area contributed by atoms with Crippen molar-refractivity contribution >= 4 is 5.69 Å². The van der Waals surface area contributed by atoms with E-state index in [0.717, 1.165) is 6.42 Å². The zero-order valence-electron chi connectivity index (χ0n) is 9.77. The van der Waals surface area contributed by atoms with Gasteiger partial charge in [-0.1, -0.05) is 19.0 Å². The molecule has 1 atom stereocenters. The van der Waals surface area contributed by atoms with E-state index >= 15 is 0 Å². The minimum absolute atomic E-state index is 0.0748. The lowest BCUT2D eigenvalue weighted by molar-refractivity contribution is 0.416. The minimum Gasteiger partial charge on any atom is -0.396 e. The van der Waals surface area contributed by atoms with E-state index in [1.54, 1.807) is 6.07 Å². The predicted molar refractivity (Wildman–Crippen MR) is 62.8 cm³/mol. The van der Waals surface area contributed by atoms with Gasteiger partial charge in [-0.05, 0) is 24.6 Å². The van der Waals surface area contributed by atoms with E-state index < -0.39 is 5.82 Å². The topological polar surface area (TPSA) is 64.9 Å². The van der Waals surface area contributed by atoms with Crippen LogP contribution in [0.25, 0.3) is 11.5 Å². The van der Waals surface area contributed by atoms with Gasteiger partial charge in [0.05, 0.1) is 5.69 Å². The number of nitrogen functional groups attached to an aromatic ring is 1. The Labute approximate surface area is 98.6 Å². The second kappa shape index (κ2) is 4.53. The third-order valence-electron chi connectivity index (χ3n) is 2.74. The summed E-state index contributed by atoms with van der Waals surface area (Å²) in [5.41, 5.74) is 6.19. The molecular weight excluding hydrogens is 221 g/mol. The molecule has 90 valence electrons. The van der Waals surface area contributed by atoms with Gasteiger partial charge >= 0.3 is 0 Å². The maximum Gasteiger partial charge on any atom is 0.258 e. The standard InChI is InChI=1S/C12H14FN3O/c1-3-7(2)11-15-12(17-16-11)8-4-5-9(13)10(14)6-8/h4-7H,3,14H2,1-2H3. The summed E-state index contributed by atoms with van der Waals surface area (Å²) >= 11 is 0. The Morgan fingerprint density at radius 2 is 2.24 bits per heavy atom. The van der Waals surface area contributed by atoms with Crippen LogP contribution in [-0.2, 0) is 0 Å². The fourth-order valence-corrected chi connectivity index (χ4v) is 1.41. The maximum absolute atomic E-state index is 13.0. The van der Waals surface area contributed by atoms with Crippen molar-refractivity contribution in [3.8, 4) is 11.5 Å². The van der Waals surface area contributed by atoms with Gasteiger partial charge in [-0.2, -0.15) is 4.98 Å². The molecule has 1 aromatic carbocycles. The monoisotopic (exact) mass is 235 g/mol. The van der Waals surface area contributed by atoms with Gasteiger partial charge in [0.25, 0.3) is 5.89 Å². The lowest BCUT2D eigenvalue weighted by Crippen LogP contribution is -1.94. The quantitative estimate of drug-likeness (QED) is 0.830. The Hall–Kier alpha value is -1.91. The summed E-state index contributed by atoms with van der Waals surface area (Å²) in [6.07, 6.45) is 0.935. The molecule has 1 aromatic heterocycles.